The predicted molar refractivity (Wildman–Crippen MR) is 156 cm³/mol. The average molecular weight is 542 g/mol. The number of piperazine rings is 1. The van der Waals surface area contributed by atoms with E-state index in [9.17, 15) is 0 Å². The van der Waals surface area contributed by atoms with E-state index in [4.69, 9.17) is 15.0 Å². The molecule has 7 heterocycles. The van der Waals surface area contributed by atoms with Gasteiger partial charge in [0.1, 0.15) is 22.4 Å². The zero-order valence-electron chi connectivity index (χ0n) is 21.9. The molecule has 1 saturated heterocycles. The minimum Gasteiger partial charge on any atom is -0.352 e. The first-order valence-electron chi connectivity index (χ1n) is 13.4. The molecule has 0 unspecified atom stereocenters. The van der Waals surface area contributed by atoms with Crippen LogP contribution < -0.4 is 4.90 Å². The highest BCUT2D eigenvalue weighted by Crippen LogP contribution is 2.41. The molecule has 0 saturated carbocycles. The van der Waals surface area contributed by atoms with Crippen molar-refractivity contribution in [3.05, 3.63) is 64.0 Å². The average Bonchev–Trinajstić information content (AvgIpc) is 3.65. The Labute approximate surface area is 230 Å². The third kappa shape index (κ3) is 4.22. The first-order valence-corrected chi connectivity index (χ1v) is 15.1. The zero-order chi connectivity index (χ0) is 25.6. The maximum atomic E-state index is 4.95. The number of pyridine rings is 1. The molecular weight excluding hydrogens is 511 g/mol. The van der Waals surface area contributed by atoms with E-state index >= 15 is 0 Å². The summed E-state index contributed by atoms with van der Waals surface area (Å²) in [6, 6.07) is 10.6. The molecule has 0 radical (unpaired) electrons. The maximum Gasteiger partial charge on any atom is 0.156 e. The smallest absolute Gasteiger partial charge is 0.156 e. The van der Waals surface area contributed by atoms with Gasteiger partial charge in [0.2, 0.25) is 0 Å². The van der Waals surface area contributed by atoms with Crippen LogP contribution in [-0.4, -0.2) is 55.6 Å². The summed E-state index contributed by atoms with van der Waals surface area (Å²) in [5.74, 6) is 1.09. The van der Waals surface area contributed by atoms with E-state index in [0.717, 1.165) is 73.4 Å². The molecule has 9 heteroatoms. The fraction of sp³-hybridized carbons (Fsp3) is 0.379. The number of aromatic nitrogens is 5. The standard InChI is InChI=1S/C29H31N7S2/c1-19-20(2)37-29(33-19)25-23-8-4-6-12-36(23)27-26(25)31-18-32-28(27)35-15-13-34(14-16-35)17-21-9-10-24(38-21)22-7-3-5-11-30-22/h3,5,7,9-11,18H,4,6,8,12-17H2,1-2H3. The number of thiophene rings is 1. The molecule has 7 rings (SSSR count). The molecule has 0 spiro atoms. The van der Waals surface area contributed by atoms with Crippen LogP contribution in [0.2, 0.25) is 0 Å². The summed E-state index contributed by atoms with van der Waals surface area (Å²) in [6.07, 6.45) is 7.13. The lowest BCUT2D eigenvalue weighted by Gasteiger charge is -2.35. The van der Waals surface area contributed by atoms with Crippen molar-refractivity contribution in [1.29, 1.82) is 0 Å². The van der Waals surface area contributed by atoms with Crippen LogP contribution in [0.25, 0.3) is 32.2 Å². The molecule has 2 aliphatic rings. The van der Waals surface area contributed by atoms with Gasteiger partial charge in [-0.05, 0) is 57.4 Å². The molecule has 0 N–H and O–H groups in total. The Morgan fingerprint density at radius 2 is 1.79 bits per heavy atom. The van der Waals surface area contributed by atoms with Crippen LogP contribution >= 0.6 is 22.7 Å². The second-order valence-corrected chi connectivity index (χ2v) is 12.6. The van der Waals surface area contributed by atoms with Crippen LogP contribution in [0.15, 0.2) is 42.9 Å². The zero-order valence-corrected chi connectivity index (χ0v) is 23.5. The van der Waals surface area contributed by atoms with Gasteiger partial charge in [0.15, 0.2) is 5.82 Å². The summed E-state index contributed by atoms with van der Waals surface area (Å²) in [4.78, 5) is 28.1. The Morgan fingerprint density at radius 3 is 2.58 bits per heavy atom. The number of aryl methyl sites for hydroxylation is 3. The minimum absolute atomic E-state index is 0.968. The molecule has 38 heavy (non-hydrogen) atoms. The SMILES string of the molecule is Cc1nc(-c2c3n(c4c(N5CCN(Cc6ccc(-c7ccccn7)s6)CC5)ncnc24)CCCC3)sc1C. The molecular formula is C29H31N7S2. The minimum atomic E-state index is 0.968. The van der Waals surface area contributed by atoms with Crippen molar-refractivity contribution in [2.75, 3.05) is 31.1 Å². The molecule has 0 atom stereocenters. The van der Waals surface area contributed by atoms with E-state index in [2.05, 4.69) is 57.5 Å². The van der Waals surface area contributed by atoms with Gasteiger partial charge < -0.3 is 9.47 Å². The number of rotatable bonds is 5. The van der Waals surface area contributed by atoms with Crippen molar-refractivity contribution in [3.8, 4) is 21.1 Å². The van der Waals surface area contributed by atoms with Gasteiger partial charge in [0, 0.05) is 60.9 Å². The van der Waals surface area contributed by atoms with E-state index in [1.807, 2.05) is 23.6 Å². The van der Waals surface area contributed by atoms with Crippen molar-refractivity contribution >= 4 is 39.5 Å². The Hall–Kier alpha value is -3.14. The van der Waals surface area contributed by atoms with Crippen LogP contribution in [-0.2, 0) is 19.5 Å². The molecule has 194 valence electrons. The fourth-order valence-electron chi connectivity index (χ4n) is 5.76. The normalized spacial score (nSPS) is 16.3. The molecule has 7 nitrogen and oxygen atoms in total. The first kappa shape index (κ1) is 23.9. The van der Waals surface area contributed by atoms with Crippen LogP contribution in [0.1, 0.15) is 34.0 Å². The van der Waals surface area contributed by atoms with Gasteiger partial charge in [-0.15, -0.1) is 22.7 Å². The monoisotopic (exact) mass is 541 g/mol. The third-order valence-corrected chi connectivity index (χ3v) is 10.0. The Morgan fingerprint density at radius 1 is 0.895 bits per heavy atom. The van der Waals surface area contributed by atoms with Gasteiger partial charge in [-0.3, -0.25) is 9.88 Å². The molecule has 1 fully saturated rings. The van der Waals surface area contributed by atoms with Crippen molar-refractivity contribution in [3.63, 3.8) is 0 Å². The molecule has 0 bridgehead atoms. The largest absolute Gasteiger partial charge is 0.352 e. The van der Waals surface area contributed by atoms with Crippen molar-refractivity contribution in [1.82, 2.24) is 29.4 Å². The lowest BCUT2D eigenvalue weighted by molar-refractivity contribution is 0.251. The highest BCUT2D eigenvalue weighted by Gasteiger charge is 2.29. The van der Waals surface area contributed by atoms with Gasteiger partial charge in [0.05, 0.1) is 21.8 Å². The van der Waals surface area contributed by atoms with Crippen LogP contribution in [0, 0.1) is 13.8 Å². The topological polar surface area (TPSA) is 63.0 Å². The molecule has 0 aromatic carbocycles. The maximum absolute atomic E-state index is 4.95. The number of hydrogen-bond acceptors (Lipinski definition) is 8. The van der Waals surface area contributed by atoms with Gasteiger partial charge in [0.25, 0.3) is 0 Å². The van der Waals surface area contributed by atoms with Crippen LogP contribution in [0.5, 0.6) is 0 Å². The summed E-state index contributed by atoms with van der Waals surface area (Å²) < 4.78 is 2.51. The molecule has 5 aromatic heterocycles. The first-order chi connectivity index (χ1) is 18.7. The summed E-state index contributed by atoms with van der Waals surface area (Å²) in [6.45, 7) is 10.3. The fourth-order valence-corrected chi connectivity index (χ4v) is 7.77. The van der Waals surface area contributed by atoms with E-state index < -0.39 is 0 Å². The Kier molecular flexibility index (Phi) is 6.22. The Balaban J connectivity index is 1.14. The summed E-state index contributed by atoms with van der Waals surface area (Å²) in [5, 5.41) is 1.11. The second-order valence-electron chi connectivity index (χ2n) is 10.2. The van der Waals surface area contributed by atoms with Crippen LogP contribution in [0.4, 0.5) is 5.82 Å². The van der Waals surface area contributed by atoms with Crippen molar-refractivity contribution in [2.24, 2.45) is 0 Å². The molecule has 2 aliphatic heterocycles. The van der Waals surface area contributed by atoms with E-state index in [-0.39, 0.29) is 0 Å². The van der Waals surface area contributed by atoms with E-state index in [0.29, 0.717) is 0 Å². The van der Waals surface area contributed by atoms with Gasteiger partial charge in [-0.25, -0.2) is 15.0 Å². The number of hydrogen-bond donors (Lipinski definition) is 0. The van der Waals surface area contributed by atoms with Gasteiger partial charge in [-0.2, -0.15) is 0 Å². The number of nitrogens with zero attached hydrogens (tertiary/aromatic N) is 7. The summed E-state index contributed by atoms with van der Waals surface area (Å²) in [7, 11) is 0. The van der Waals surface area contributed by atoms with Crippen molar-refractivity contribution in [2.45, 2.75) is 46.2 Å². The van der Waals surface area contributed by atoms with Crippen molar-refractivity contribution < 1.29 is 0 Å². The molecule has 0 amide bonds. The summed E-state index contributed by atoms with van der Waals surface area (Å²) >= 11 is 3.65. The van der Waals surface area contributed by atoms with E-state index in [1.165, 1.54) is 44.2 Å². The quantitative estimate of drug-likeness (QED) is 0.274. The second kappa shape index (κ2) is 9.87. The van der Waals surface area contributed by atoms with Crippen LogP contribution in [0.3, 0.4) is 0 Å². The van der Waals surface area contributed by atoms with Gasteiger partial charge in [-0.1, -0.05) is 6.07 Å². The molecule has 5 aromatic rings. The lowest BCUT2D eigenvalue weighted by Crippen LogP contribution is -2.46. The number of fused-ring (bicyclic) bond motifs is 3. The highest BCUT2D eigenvalue weighted by atomic mass is 32.1. The third-order valence-electron chi connectivity index (χ3n) is 7.84. The van der Waals surface area contributed by atoms with E-state index in [1.54, 1.807) is 17.7 Å². The molecule has 0 aliphatic carbocycles. The number of thiazole rings is 1. The Bertz CT molecular complexity index is 1570. The lowest BCUT2D eigenvalue weighted by atomic mass is 10.1. The predicted octanol–water partition coefficient (Wildman–Crippen LogP) is 5.95. The van der Waals surface area contributed by atoms with Gasteiger partial charge >= 0.3 is 0 Å². The highest BCUT2D eigenvalue weighted by molar-refractivity contribution is 7.15. The number of anilines is 1. The summed E-state index contributed by atoms with van der Waals surface area (Å²) in [5.41, 5.74) is 7.08.